The molecule has 2 rings (SSSR count). The Kier molecular flexibility index (Phi) is 7.20. The van der Waals surface area contributed by atoms with Crippen LogP contribution in [0.3, 0.4) is 0 Å². The average molecular weight is 359 g/mol. The van der Waals surface area contributed by atoms with Gasteiger partial charge in [0.05, 0.1) is 0 Å². The minimum absolute atomic E-state index is 0.147. The molecule has 26 heavy (non-hydrogen) atoms. The Morgan fingerprint density at radius 2 is 2.08 bits per heavy atom. The minimum atomic E-state index is -0.775. The number of hydrogen-bond acceptors (Lipinski definition) is 4. The Morgan fingerprint density at radius 3 is 2.73 bits per heavy atom. The van der Waals surface area contributed by atoms with E-state index in [9.17, 15) is 14.4 Å². The monoisotopic (exact) mass is 359 g/mol. The summed E-state index contributed by atoms with van der Waals surface area (Å²) in [6.45, 7) is 4.19. The molecule has 1 heterocycles. The lowest BCUT2D eigenvalue weighted by atomic mass is 10.1. The lowest BCUT2D eigenvalue weighted by Crippen LogP contribution is -2.52. The Morgan fingerprint density at radius 1 is 1.35 bits per heavy atom. The molecule has 1 aromatic carbocycles. The van der Waals surface area contributed by atoms with Crippen molar-refractivity contribution < 1.29 is 19.1 Å². The molecule has 2 atom stereocenters. The molecule has 1 aliphatic heterocycles. The quantitative estimate of drug-likeness (QED) is 0.690. The van der Waals surface area contributed by atoms with Crippen molar-refractivity contribution in [2.75, 3.05) is 6.54 Å². The summed E-state index contributed by atoms with van der Waals surface area (Å²) in [5.74, 6) is -0.983. The van der Waals surface area contributed by atoms with Crippen LogP contribution in [0.2, 0.25) is 0 Å². The smallest absolute Gasteiger partial charge is 0.410 e. The number of allylic oxidation sites excluding steroid dienone is 1. The topological polar surface area (TPSA) is 102 Å². The summed E-state index contributed by atoms with van der Waals surface area (Å²) in [5, 5.41) is 2.64. The normalized spacial score (nSPS) is 17.4. The summed E-state index contributed by atoms with van der Waals surface area (Å²) in [6, 6.07) is 7.91. The van der Waals surface area contributed by atoms with E-state index in [1.165, 1.54) is 4.90 Å². The number of benzene rings is 1. The van der Waals surface area contributed by atoms with Gasteiger partial charge in [0.15, 0.2) is 0 Å². The van der Waals surface area contributed by atoms with Crippen LogP contribution in [0.4, 0.5) is 4.79 Å². The van der Waals surface area contributed by atoms with E-state index in [0.717, 1.165) is 5.56 Å². The van der Waals surface area contributed by atoms with Crippen LogP contribution in [0.1, 0.15) is 31.2 Å². The first-order chi connectivity index (χ1) is 12.5. The molecule has 0 bridgehead atoms. The van der Waals surface area contributed by atoms with Crippen molar-refractivity contribution in [2.24, 2.45) is 5.73 Å². The number of nitrogens with two attached hydrogens (primary N) is 1. The van der Waals surface area contributed by atoms with Gasteiger partial charge in [-0.3, -0.25) is 14.5 Å². The van der Waals surface area contributed by atoms with Gasteiger partial charge in [-0.2, -0.15) is 0 Å². The first-order valence-corrected chi connectivity index (χ1v) is 8.71. The molecule has 0 unspecified atom stereocenters. The largest absolute Gasteiger partial charge is 0.445 e. The SMILES string of the molecule is C=CCC[C@@H](NC(=O)[C@H]1CCCN1C(=O)OCc1ccccc1)C(N)=O. The van der Waals surface area contributed by atoms with E-state index in [1.807, 2.05) is 30.3 Å². The summed E-state index contributed by atoms with van der Waals surface area (Å²) < 4.78 is 5.31. The number of rotatable bonds is 8. The number of primary amides is 1. The van der Waals surface area contributed by atoms with Crippen molar-refractivity contribution in [1.29, 1.82) is 0 Å². The molecule has 0 saturated carbocycles. The summed E-state index contributed by atoms with van der Waals surface area (Å²) in [5.41, 5.74) is 6.21. The fourth-order valence-electron chi connectivity index (χ4n) is 2.90. The second kappa shape index (κ2) is 9.60. The van der Waals surface area contributed by atoms with Crippen molar-refractivity contribution in [2.45, 2.75) is 44.4 Å². The van der Waals surface area contributed by atoms with Gasteiger partial charge in [-0.15, -0.1) is 6.58 Å². The second-order valence-corrected chi connectivity index (χ2v) is 6.22. The van der Waals surface area contributed by atoms with Crippen LogP contribution >= 0.6 is 0 Å². The highest BCUT2D eigenvalue weighted by Gasteiger charge is 2.36. The minimum Gasteiger partial charge on any atom is -0.445 e. The number of carbonyl (C=O) groups is 3. The molecule has 0 spiro atoms. The third-order valence-corrected chi connectivity index (χ3v) is 4.31. The van der Waals surface area contributed by atoms with Crippen molar-refractivity contribution >= 4 is 17.9 Å². The predicted octanol–water partition coefficient (Wildman–Crippen LogP) is 1.72. The van der Waals surface area contributed by atoms with Crippen LogP contribution in [0.15, 0.2) is 43.0 Å². The highest BCUT2D eigenvalue weighted by Crippen LogP contribution is 2.19. The van der Waals surface area contributed by atoms with Crippen LogP contribution in [0.5, 0.6) is 0 Å². The molecule has 3 amide bonds. The van der Waals surface area contributed by atoms with Gasteiger partial charge in [0.25, 0.3) is 0 Å². The van der Waals surface area contributed by atoms with E-state index in [-0.39, 0.29) is 12.5 Å². The van der Waals surface area contributed by atoms with Crippen molar-refractivity contribution in [1.82, 2.24) is 10.2 Å². The number of likely N-dealkylation sites (tertiary alicyclic amines) is 1. The highest BCUT2D eigenvalue weighted by atomic mass is 16.6. The lowest BCUT2D eigenvalue weighted by molar-refractivity contribution is -0.130. The third kappa shape index (κ3) is 5.34. The van der Waals surface area contributed by atoms with E-state index < -0.39 is 24.1 Å². The lowest BCUT2D eigenvalue weighted by Gasteiger charge is -2.25. The van der Waals surface area contributed by atoms with Gasteiger partial charge in [-0.05, 0) is 31.2 Å². The first kappa shape index (κ1) is 19.5. The van der Waals surface area contributed by atoms with E-state index in [2.05, 4.69) is 11.9 Å². The fourth-order valence-corrected chi connectivity index (χ4v) is 2.90. The Bertz CT molecular complexity index is 647. The number of hydrogen-bond donors (Lipinski definition) is 2. The van der Waals surface area contributed by atoms with Gasteiger partial charge in [0.1, 0.15) is 18.7 Å². The van der Waals surface area contributed by atoms with Gasteiger partial charge in [0, 0.05) is 6.54 Å². The molecule has 1 saturated heterocycles. The Labute approximate surface area is 153 Å². The highest BCUT2D eigenvalue weighted by molar-refractivity contribution is 5.91. The van der Waals surface area contributed by atoms with E-state index in [1.54, 1.807) is 6.08 Å². The van der Waals surface area contributed by atoms with E-state index in [0.29, 0.717) is 32.2 Å². The van der Waals surface area contributed by atoms with Crippen molar-refractivity contribution in [3.8, 4) is 0 Å². The molecule has 7 heteroatoms. The van der Waals surface area contributed by atoms with Gasteiger partial charge in [-0.25, -0.2) is 4.79 Å². The summed E-state index contributed by atoms with van der Waals surface area (Å²) in [6.07, 6.45) is 3.29. The van der Waals surface area contributed by atoms with Crippen LogP contribution in [-0.4, -0.2) is 41.4 Å². The van der Waals surface area contributed by atoms with Gasteiger partial charge in [0.2, 0.25) is 11.8 Å². The zero-order chi connectivity index (χ0) is 18.9. The Balaban J connectivity index is 1.92. The molecule has 1 fully saturated rings. The molecule has 1 aliphatic rings. The molecule has 0 aliphatic carbocycles. The van der Waals surface area contributed by atoms with E-state index >= 15 is 0 Å². The van der Waals surface area contributed by atoms with Gasteiger partial charge in [-0.1, -0.05) is 36.4 Å². The average Bonchev–Trinajstić information content (AvgIpc) is 3.13. The maximum Gasteiger partial charge on any atom is 0.410 e. The molecule has 0 aromatic heterocycles. The molecule has 3 N–H and O–H groups in total. The molecular weight excluding hydrogens is 334 g/mol. The molecular formula is C19H25N3O4. The van der Waals surface area contributed by atoms with Crippen LogP contribution in [0.25, 0.3) is 0 Å². The third-order valence-electron chi connectivity index (χ3n) is 4.31. The zero-order valence-electron chi connectivity index (χ0n) is 14.7. The first-order valence-electron chi connectivity index (χ1n) is 8.71. The van der Waals surface area contributed by atoms with E-state index in [4.69, 9.17) is 10.5 Å². The Hall–Kier alpha value is -2.83. The number of nitrogens with zero attached hydrogens (tertiary/aromatic N) is 1. The van der Waals surface area contributed by atoms with Crippen molar-refractivity contribution in [3.05, 3.63) is 48.6 Å². The van der Waals surface area contributed by atoms with Gasteiger partial charge < -0.3 is 15.8 Å². The van der Waals surface area contributed by atoms with Crippen LogP contribution in [0, 0.1) is 0 Å². The zero-order valence-corrected chi connectivity index (χ0v) is 14.7. The summed E-state index contributed by atoms with van der Waals surface area (Å²) in [4.78, 5) is 37.8. The number of amides is 3. The number of nitrogens with one attached hydrogen (secondary N) is 1. The standard InChI is InChI=1S/C19H25N3O4/c1-2-3-10-15(17(20)23)21-18(24)16-11-7-12-22(16)19(25)26-13-14-8-5-4-6-9-14/h2,4-6,8-9,15-16H,1,3,7,10-13H2,(H2,20,23)(H,21,24)/t15-,16-/m1/s1. The molecule has 1 aromatic rings. The number of carbonyl (C=O) groups excluding carboxylic acids is 3. The predicted molar refractivity (Wildman–Crippen MR) is 96.9 cm³/mol. The molecule has 0 radical (unpaired) electrons. The fraction of sp³-hybridized carbons (Fsp3) is 0.421. The maximum absolute atomic E-state index is 12.5. The molecule has 7 nitrogen and oxygen atoms in total. The van der Waals surface area contributed by atoms with Gasteiger partial charge >= 0.3 is 6.09 Å². The number of ether oxygens (including phenoxy) is 1. The maximum atomic E-state index is 12.5. The summed E-state index contributed by atoms with van der Waals surface area (Å²) >= 11 is 0. The van der Waals surface area contributed by atoms with Crippen molar-refractivity contribution in [3.63, 3.8) is 0 Å². The second-order valence-electron chi connectivity index (χ2n) is 6.22. The summed E-state index contributed by atoms with van der Waals surface area (Å²) in [7, 11) is 0. The van der Waals surface area contributed by atoms with Crippen LogP contribution in [-0.2, 0) is 20.9 Å². The molecule has 140 valence electrons. The van der Waals surface area contributed by atoms with Crippen LogP contribution < -0.4 is 11.1 Å².